The maximum atomic E-state index is 11.2. The third-order valence-electron chi connectivity index (χ3n) is 2.78. The molecule has 0 atom stereocenters. The topological polar surface area (TPSA) is 63.2 Å². The standard InChI is InChI=1S/C15H16ClN3O2/c1-10(20)19-13-7-11(3-5-14(13)21-2)8-17-15-6-4-12(16)9-18-15/h3-7,9H,8H2,1-2H3,(H,17,18)(H,19,20). The summed E-state index contributed by atoms with van der Waals surface area (Å²) in [5.41, 5.74) is 1.64. The Kier molecular flexibility index (Phi) is 5.00. The summed E-state index contributed by atoms with van der Waals surface area (Å²) >= 11 is 5.79. The lowest BCUT2D eigenvalue weighted by Crippen LogP contribution is -2.08. The van der Waals surface area contributed by atoms with Crippen LogP contribution in [0.5, 0.6) is 5.75 Å². The Morgan fingerprint density at radius 3 is 2.76 bits per heavy atom. The lowest BCUT2D eigenvalue weighted by molar-refractivity contribution is -0.114. The highest BCUT2D eigenvalue weighted by Crippen LogP contribution is 2.25. The van der Waals surface area contributed by atoms with Gasteiger partial charge in [-0.05, 0) is 29.8 Å². The maximum absolute atomic E-state index is 11.2. The van der Waals surface area contributed by atoms with E-state index in [-0.39, 0.29) is 5.91 Å². The second kappa shape index (κ2) is 6.95. The number of anilines is 2. The van der Waals surface area contributed by atoms with Crippen molar-refractivity contribution >= 4 is 29.0 Å². The van der Waals surface area contributed by atoms with E-state index in [0.29, 0.717) is 23.0 Å². The number of carbonyl (C=O) groups excluding carboxylic acids is 1. The first-order chi connectivity index (χ1) is 10.1. The molecular formula is C15H16ClN3O2. The van der Waals surface area contributed by atoms with Gasteiger partial charge >= 0.3 is 0 Å². The van der Waals surface area contributed by atoms with Crippen molar-refractivity contribution in [1.29, 1.82) is 0 Å². The molecule has 2 rings (SSSR count). The minimum Gasteiger partial charge on any atom is -0.495 e. The van der Waals surface area contributed by atoms with Crippen LogP contribution in [-0.2, 0) is 11.3 Å². The molecule has 21 heavy (non-hydrogen) atoms. The van der Waals surface area contributed by atoms with Crippen LogP contribution in [0, 0.1) is 0 Å². The SMILES string of the molecule is COc1ccc(CNc2ccc(Cl)cn2)cc1NC(C)=O. The summed E-state index contributed by atoms with van der Waals surface area (Å²) in [5, 5.41) is 6.52. The number of aromatic nitrogens is 1. The number of rotatable bonds is 5. The quantitative estimate of drug-likeness (QED) is 0.889. The second-order valence-corrected chi connectivity index (χ2v) is 4.87. The molecule has 2 aromatic rings. The normalized spacial score (nSPS) is 10.0. The number of hydrogen-bond acceptors (Lipinski definition) is 4. The Balaban J connectivity index is 2.09. The highest BCUT2D eigenvalue weighted by atomic mass is 35.5. The third-order valence-corrected chi connectivity index (χ3v) is 3.00. The fourth-order valence-corrected chi connectivity index (χ4v) is 1.94. The summed E-state index contributed by atoms with van der Waals surface area (Å²) in [6, 6.07) is 9.18. The average molecular weight is 306 g/mol. The molecule has 1 heterocycles. The van der Waals surface area contributed by atoms with Crippen molar-refractivity contribution in [2.45, 2.75) is 13.5 Å². The number of pyridine rings is 1. The van der Waals surface area contributed by atoms with Crippen molar-refractivity contribution in [3.05, 3.63) is 47.1 Å². The fourth-order valence-electron chi connectivity index (χ4n) is 1.83. The zero-order valence-electron chi connectivity index (χ0n) is 11.8. The van der Waals surface area contributed by atoms with Gasteiger partial charge in [-0.2, -0.15) is 0 Å². The Hall–Kier alpha value is -2.27. The lowest BCUT2D eigenvalue weighted by Gasteiger charge is -2.12. The van der Waals surface area contributed by atoms with Gasteiger partial charge in [0.25, 0.3) is 0 Å². The largest absolute Gasteiger partial charge is 0.495 e. The molecule has 2 N–H and O–H groups in total. The second-order valence-electron chi connectivity index (χ2n) is 4.43. The van der Waals surface area contributed by atoms with E-state index in [9.17, 15) is 4.79 Å². The molecule has 0 saturated heterocycles. The molecule has 0 saturated carbocycles. The van der Waals surface area contributed by atoms with E-state index in [1.807, 2.05) is 18.2 Å². The molecule has 110 valence electrons. The number of ether oxygens (including phenoxy) is 1. The Bertz CT molecular complexity index is 629. The van der Waals surface area contributed by atoms with Gasteiger partial charge in [-0.1, -0.05) is 17.7 Å². The van der Waals surface area contributed by atoms with Gasteiger partial charge in [-0.3, -0.25) is 4.79 Å². The lowest BCUT2D eigenvalue weighted by atomic mass is 10.2. The van der Waals surface area contributed by atoms with Crippen LogP contribution in [0.15, 0.2) is 36.5 Å². The molecule has 0 radical (unpaired) electrons. The van der Waals surface area contributed by atoms with Crippen LogP contribution in [0.2, 0.25) is 5.02 Å². The molecule has 0 unspecified atom stereocenters. The molecule has 0 bridgehead atoms. The van der Waals surface area contributed by atoms with E-state index >= 15 is 0 Å². The van der Waals surface area contributed by atoms with Crippen LogP contribution in [0.1, 0.15) is 12.5 Å². The Labute approximate surface area is 128 Å². The van der Waals surface area contributed by atoms with E-state index in [1.165, 1.54) is 6.92 Å². The van der Waals surface area contributed by atoms with Crippen LogP contribution in [0.25, 0.3) is 0 Å². The highest BCUT2D eigenvalue weighted by Gasteiger charge is 2.06. The van der Waals surface area contributed by atoms with Gasteiger partial charge in [0.05, 0.1) is 17.8 Å². The van der Waals surface area contributed by atoms with Crippen LogP contribution < -0.4 is 15.4 Å². The van der Waals surface area contributed by atoms with Crippen LogP contribution in [-0.4, -0.2) is 18.0 Å². The number of nitrogens with zero attached hydrogens (tertiary/aromatic N) is 1. The zero-order chi connectivity index (χ0) is 15.2. The van der Waals surface area contributed by atoms with Crippen LogP contribution in [0.4, 0.5) is 11.5 Å². The van der Waals surface area contributed by atoms with Gasteiger partial charge < -0.3 is 15.4 Å². The van der Waals surface area contributed by atoms with Gasteiger partial charge in [0.1, 0.15) is 11.6 Å². The van der Waals surface area contributed by atoms with Crippen molar-refractivity contribution in [3.8, 4) is 5.75 Å². The summed E-state index contributed by atoms with van der Waals surface area (Å²) < 4.78 is 5.22. The first-order valence-corrected chi connectivity index (χ1v) is 6.76. The number of methoxy groups -OCH3 is 1. The van der Waals surface area contributed by atoms with Gasteiger partial charge in [-0.15, -0.1) is 0 Å². The molecular weight excluding hydrogens is 290 g/mol. The monoisotopic (exact) mass is 305 g/mol. The molecule has 0 fully saturated rings. The van der Waals surface area contributed by atoms with Crippen LogP contribution in [0.3, 0.4) is 0 Å². The number of amides is 1. The van der Waals surface area contributed by atoms with Crippen LogP contribution >= 0.6 is 11.6 Å². The minimum absolute atomic E-state index is 0.141. The predicted octanol–water partition coefficient (Wildman–Crippen LogP) is 3.31. The average Bonchev–Trinajstić information content (AvgIpc) is 2.46. The van der Waals surface area contributed by atoms with Gasteiger partial charge in [0.15, 0.2) is 0 Å². The smallest absolute Gasteiger partial charge is 0.221 e. The first-order valence-electron chi connectivity index (χ1n) is 6.38. The van der Waals surface area contributed by atoms with Crippen molar-refractivity contribution in [1.82, 2.24) is 4.98 Å². The zero-order valence-corrected chi connectivity index (χ0v) is 12.6. The van der Waals surface area contributed by atoms with Crippen molar-refractivity contribution in [3.63, 3.8) is 0 Å². The van der Waals surface area contributed by atoms with Crippen molar-refractivity contribution in [2.24, 2.45) is 0 Å². The number of benzene rings is 1. The Morgan fingerprint density at radius 2 is 2.14 bits per heavy atom. The number of hydrogen-bond donors (Lipinski definition) is 2. The van der Waals surface area contributed by atoms with Crippen molar-refractivity contribution in [2.75, 3.05) is 17.7 Å². The van der Waals surface area contributed by atoms with Crippen molar-refractivity contribution < 1.29 is 9.53 Å². The number of halogens is 1. The molecule has 6 heteroatoms. The molecule has 1 amide bonds. The number of nitrogens with one attached hydrogen (secondary N) is 2. The van der Waals surface area contributed by atoms with E-state index in [1.54, 1.807) is 25.4 Å². The minimum atomic E-state index is -0.141. The maximum Gasteiger partial charge on any atom is 0.221 e. The van der Waals surface area contributed by atoms with Gasteiger partial charge in [0, 0.05) is 19.7 Å². The van der Waals surface area contributed by atoms with E-state index in [0.717, 1.165) is 11.4 Å². The van der Waals surface area contributed by atoms with E-state index in [4.69, 9.17) is 16.3 Å². The molecule has 0 aliphatic carbocycles. The van der Waals surface area contributed by atoms with Gasteiger partial charge in [-0.25, -0.2) is 4.98 Å². The Morgan fingerprint density at radius 1 is 1.33 bits per heavy atom. The fraction of sp³-hybridized carbons (Fsp3) is 0.200. The third kappa shape index (κ3) is 4.36. The van der Waals surface area contributed by atoms with E-state index < -0.39 is 0 Å². The molecule has 0 aliphatic heterocycles. The van der Waals surface area contributed by atoms with Gasteiger partial charge in [0.2, 0.25) is 5.91 Å². The summed E-state index contributed by atoms with van der Waals surface area (Å²) in [5.74, 6) is 1.22. The molecule has 0 spiro atoms. The molecule has 0 aliphatic rings. The summed E-state index contributed by atoms with van der Waals surface area (Å²) in [7, 11) is 1.57. The van der Waals surface area contributed by atoms with E-state index in [2.05, 4.69) is 15.6 Å². The summed E-state index contributed by atoms with van der Waals surface area (Å²) in [6.45, 7) is 2.03. The first kappa shape index (κ1) is 15.1. The highest BCUT2D eigenvalue weighted by molar-refractivity contribution is 6.30. The number of carbonyl (C=O) groups is 1. The molecule has 1 aromatic heterocycles. The molecule has 5 nitrogen and oxygen atoms in total. The molecule has 1 aromatic carbocycles. The predicted molar refractivity (Wildman–Crippen MR) is 83.9 cm³/mol. The summed E-state index contributed by atoms with van der Waals surface area (Å²) in [6.07, 6.45) is 1.58. The summed E-state index contributed by atoms with van der Waals surface area (Å²) in [4.78, 5) is 15.4.